The van der Waals surface area contributed by atoms with Crippen molar-refractivity contribution in [3.8, 4) is 0 Å². The molecule has 0 saturated heterocycles. The Morgan fingerprint density at radius 3 is 2.55 bits per heavy atom. The van der Waals surface area contributed by atoms with E-state index in [0.717, 1.165) is 11.6 Å². The molecule has 1 rings (SSSR count). The summed E-state index contributed by atoms with van der Waals surface area (Å²) in [6.07, 6.45) is 0.692. The zero-order chi connectivity index (χ0) is 15.0. The highest BCUT2D eigenvalue weighted by Crippen LogP contribution is 2.16. The zero-order valence-corrected chi connectivity index (χ0v) is 12.8. The average molecular weight is 282 g/mol. The summed E-state index contributed by atoms with van der Waals surface area (Å²) in [5, 5.41) is 15.5. The number of hydrogen-bond acceptors (Lipinski definition) is 6. The lowest BCUT2D eigenvalue weighted by atomic mass is 10.0. The molecule has 0 radical (unpaired) electrons. The minimum Gasteiger partial charge on any atom is -0.396 e. The number of aliphatic hydroxyl groups is 1. The molecule has 6 nitrogen and oxygen atoms in total. The summed E-state index contributed by atoms with van der Waals surface area (Å²) in [5.41, 5.74) is 0. The van der Waals surface area contributed by atoms with Crippen LogP contribution in [0.2, 0.25) is 0 Å². The van der Waals surface area contributed by atoms with E-state index in [1.165, 1.54) is 0 Å². The lowest BCUT2D eigenvalue weighted by molar-refractivity contribution is 0.128. The number of aliphatic hydroxyl groups excluding tert-OH is 1. The predicted molar refractivity (Wildman–Crippen MR) is 80.9 cm³/mol. The average Bonchev–Trinajstić information content (AvgIpc) is 2.44. The largest absolute Gasteiger partial charge is 0.396 e. The second kappa shape index (κ2) is 8.71. The Balaban J connectivity index is 2.86. The number of rotatable bonds is 9. The maximum atomic E-state index is 9.13. The predicted octanol–water partition coefficient (Wildman–Crippen LogP) is 1.87. The van der Waals surface area contributed by atoms with Gasteiger partial charge >= 0.3 is 0 Å². The molecule has 0 spiro atoms. The van der Waals surface area contributed by atoms with Crippen molar-refractivity contribution in [3.63, 3.8) is 0 Å². The second-order valence-corrected chi connectivity index (χ2v) is 4.95. The molecule has 3 N–H and O–H groups in total. The van der Waals surface area contributed by atoms with Gasteiger partial charge in [-0.15, -0.1) is 0 Å². The molecule has 0 aromatic carbocycles. The van der Waals surface area contributed by atoms with Gasteiger partial charge < -0.3 is 20.5 Å². The molecule has 114 valence electrons. The maximum Gasteiger partial charge on any atom is 0.158 e. The van der Waals surface area contributed by atoms with E-state index in [0.29, 0.717) is 31.4 Å². The topological polar surface area (TPSA) is 79.3 Å². The molecule has 1 unspecified atom stereocenters. The van der Waals surface area contributed by atoms with Crippen LogP contribution in [0.1, 0.15) is 33.0 Å². The van der Waals surface area contributed by atoms with Crippen LogP contribution in [0.25, 0.3) is 0 Å². The summed E-state index contributed by atoms with van der Waals surface area (Å²) in [6, 6.07) is 2.04. The van der Waals surface area contributed by atoms with Crippen LogP contribution in [0.5, 0.6) is 0 Å². The van der Waals surface area contributed by atoms with E-state index in [1.807, 2.05) is 20.0 Å². The Bertz CT molecular complexity index is 399. The summed E-state index contributed by atoms with van der Waals surface area (Å²) < 4.78 is 5.35. The lowest BCUT2D eigenvalue weighted by Gasteiger charge is -2.22. The van der Waals surface area contributed by atoms with Gasteiger partial charge in [0.1, 0.15) is 18.2 Å². The molecule has 1 aromatic heterocycles. The van der Waals surface area contributed by atoms with Gasteiger partial charge in [0.05, 0.1) is 0 Å². The SMILES string of the molecule is CCOCc1nc(NC)cc(NC(CCO)C(C)C)n1. The Labute approximate surface area is 121 Å². The van der Waals surface area contributed by atoms with Crippen molar-refractivity contribution < 1.29 is 9.84 Å². The van der Waals surface area contributed by atoms with Gasteiger partial charge in [-0.05, 0) is 19.3 Å². The van der Waals surface area contributed by atoms with Crippen LogP contribution < -0.4 is 10.6 Å². The number of ether oxygens (including phenoxy) is 1. The smallest absolute Gasteiger partial charge is 0.158 e. The molecule has 0 amide bonds. The third-order valence-electron chi connectivity index (χ3n) is 3.04. The van der Waals surface area contributed by atoms with Crippen molar-refractivity contribution in [2.24, 2.45) is 5.92 Å². The molecule has 0 saturated carbocycles. The van der Waals surface area contributed by atoms with Gasteiger partial charge in [0.2, 0.25) is 0 Å². The molecule has 0 aliphatic carbocycles. The summed E-state index contributed by atoms with van der Waals surface area (Å²) in [4.78, 5) is 8.81. The van der Waals surface area contributed by atoms with Gasteiger partial charge in [0.15, 0.2) is 5.82 Å². The fourth-order valence-electron chi connectivity index (χ4n) is 1.86. The molecule has 0 aliphatic heterocycles. The van der Waals surface area contributed by atoms with Crippen LogP contribution in [-0.4, -0.2) is 41.4 Å². The van der Waals surface area contributed by atoms with Crippen molar-refractivity contribution in [2.75, 3.05) is 30.9 Å². The van der Waals surface area contributed by atoms with E-state index >= 15 is 0 Å². The first-order valence-electron chi connectivity index (χ1n) is 7.11. The van der Waals surface area contributed by atoms with Crippen LogP contribution >= 0.6 is 0 Å². The van der Waals surface area contributed by atoms with Crippen LogP contribution in [0.3, 0.4) is 0 Å². The Morgan fingerprint density at radius 2 is 2.00 bits per heavy atom. The minimum absolute atomic E-state index is 0.158. The van der Waals surface area contributed by atoms with Gasteiger partial charge in [-0.2, -0.15) is 0 Å². The van der Waals surface area contributed by atoms with Crippen molar-refractivity contribution in [1.82, 2.24) is 9.97 Å². The number of hydrogen-bond donors (Lipinski definition) is 3. The van der Waals surface area contributed by atoms with Crippen LogP contribution in [0.15, 0.2) is 6.07 Å². The summed E-state index contributed by atoms with van der Waals surface area (Å²) >= 11 is 0. The quantitative estimate of drug-likeness (QED) is 0.642. The first-order chi connectivity index (χ1) is 9.60. The Morgan fingerprint density at radius 1 is 1.30 bits per heavy atom. The summed E-state index contributed by atoms with van der Waals surface area (Å²) in [6.45, 7) is 7.37. The monoisotopic (exact) mass is 282 g/mol. The van der Waals surface area contributed by atoms with Gasteiger partial charge in [0, 0.05) is 32.4 Å². The molecule has 1 aromatic rings. The number of anilines is 2. The first kappa shape index (κ1) is 16.7. The van der Waals surface area contributed by atoms with Gasteiger partial charge in [-0.3, -0.25) is 0 Å². The van der Waals surface area contributed by atoms with Gasteiger partial charge in [-0.1, -0.05) is 13.8 Å². The highest BCUT2D eigenvalue weighted by molar-refractivity contribution is 5.47. The van der Waals surface area contributed by atoms with Gasteiger partial charge in [0.25, 0.3) is 0 Å². The van der Waals surface area contributed by atoms with Crippen LogP contribution in [-0.2, 0) is 11.3 Å². The highest BCUT2D eigenvalue weighted by Gasteiger charge is 2.14. The number of nitrogens with zero attached hydrogens (tertiary/aromatic N) is 2. The normalized spacial score (nSPS) is 12.5. The summed E-state index contributed by atoms with van der Waals surface area (Å²) in [7, 11) is 1.82. The van der Waals surface area contributed by atoms with E-state index in [1.54, 1.807) is 0 Å². The zero-order valence-electron chi connectivity index (χ0n) is 12.8. The molecule has 0 fully saturated rings. The fraction of sp³-hybridized carbons (Fsp3) is 0.714. The van der Waals surface area contributed by atoms with Crippen LogP contribution in [0, 0.1) is 5.92 Å². The van der Waals surface area contributed by atoms with Crippen molar-refractivity contribution >= 4 is 11.6 Å². The minimum atomic E-state index is 0.158. The van der Waals surface area contributed by atoms with Gasteiger partial charge in [-0.25, -0.2) is 9.97 Å². The fourth-order valence-corrected chi connectivity index (χ4v) is 1.86. The maximum absolute atomic E-state index is 9.13. The second-order valence-electron chi connectivity index (χ2n) is 4.95. The van der Waals surface area contributed by atoms with E-state index in [-0.39, 0.29) is 12.6 Å². The Kier molecular flexibility index (Phi) is 7.25. The molecule has 0 aliphatic rings. The van der Waals surface area contributed by atoms with E-state index in [2.05, 4.69) is 34.4 Å². The summed E-state index contributed by atoms with van der Waals surface area (Å²) in [5.74, 6) is 2.56. The van der Waals surface area contributed by atoms with Crippen molar-refractivity contribution in [1.29, 1.82) is 0 Å². The standard InChI is InChI=1S/C14H26N4O2/c1-5-20-9-14-17-12(15-4)8-13(18-14)16-11(6-7-19)10(2)3/h8,10-11,19H,5-7,9H2,1-4H3,(H2,15,16,17,18). The molecular weight excluding hydrogens is 256 g/mol. The number of nitrogens with one attached hydrogen (secondary N) is 2. The molecule has 0 bridgehead atoms. The van der Waals surface area contributed by atoms with Crippen molar-refractivity contribution in [2.45, 2.75) is 39.8 Å². The third-order valence-corrected chi connectivity index (χ3v) is 3.04. The third kappa shape index (κ3) is 5.30. The van der Waals surface area contributed by atoms with Crippen molar-refractivity contribution in [3.05, 3.63) is 11.9 Å². The molecule has 1 heterocycles. The number of aromatic nitrogens is 2. The highest BCUT2D eigenvalue weighted by atomic mass is 16.5. The molecule has 6 heteroatoms. The molecular formula is C14H26N4O2. The lowest BCUT2D eigenvalue weighted by Crippen LogP contribution is -2.27. The van der Waals surface area contributed by atoms with Crippen LogP contribution in [0.4, 0.5) is 11.6 Å². The molecule has 20 heavy (non-hydrogen) atoms. The Hall–Kier alpha value is -1.40. The van der Waals surface area contributed by atoms with E-state index < -0.39 is 0 Å². The van der Waals surface area contributed by atoms with E-state index in [9.17, 15) is 0 Å². The van der Waals surface area contributed by atoms with E-state index in [4.69, 9.17) is 9.84 Å². The first-order valence-corrected chi connectivity index (χ1v) is 7.11. The molecule has 1 atom stereocenters.